The van der Waals surface area contributed by atoms with Gasteiger partial charge in [0.05, 0.1) is 25.0 Å². The number of hydrogen-bond acceptors (Lipinski definition) is 7. The van der Waals surface area contributed by atoms with Gasteiger partial charge in [0.2, 0.25) is 5.60 Å². The van der Waals surface area contributed by atoms with Crippen molar-refractivity contribution in [2.24, 2.45) is 0 Å². The Bertz CT molecular complexity index is 1050. The van der Waals surface area contributed by atoms with Gasteiger partial charge in [0.15, 0.2) is 0 Å². The molecule has 1 unspecified atom stereocenters. The third-order valence-electron chi connectivity index (χ3n) is 4.58. The number of amides is 2. The fraction of sp³-hybridized carbons (Fsp3) is 0.238. The standard InChI is InChI=1S/C21H21FN4O5/c1-13-9-17(26-31-13)11-24-19(27)21(2,20(28)25-29)30-12-14-3-5-15(6-4-14)18-8-7-16(22)10-23-18/h3-10,29H,11-12H2,1-2H3,(H,24,27)(H,25,28). The molecular weight excluding hydrogens is 407 g/mol. The van der Waals surface area contributed by atoms with Crippen LogP contribution in [-0.4, -0.2) is 32.8 Å². The minimum absolute atomic E-state index is 0.0210. The van der Waals surface area contributed by atoms with Gasteiger partial charge in [-0.25, -0.2) is 9.87 Å². The molecule has 1 aromatic carbocycles. The number of rotatable bonds is 8. The molecule has 0 aliphatic carbocycles. The molecule has 2 heterocycles. The topological polar surface area (TPSA) is 127 Å². The molecule has 10 heteroatoms. The van der Waals surface area contributed by atoms with E-state index in [2.05, 4.69) is 15.5 Å². The molecule has 3 aromatic rings. The quantitative estimate of drug-likeness (QED) is 0.285. The summed E-state index contributed by atoms with van der Waals surface area (Å²) in [6.07, 6.45) is 1.13. The molecule has 1 atom stereocenters. The van der Waals surface area contributed by atoms with Crippen LogP contribution < -0.4 is 10.8 Å². The maximum Gasteiger partial charge on any atom is 0.285 e. The van der Waals surface area contributed by atoms with Crippen LogP contribution in [0.1, 0.15) is 23.9 Å². The van der Waals surface area contributed by atoms with Gasteiger partial charge >= 0.3 is 0 Å². The van der Waals surface area contributed by atoms with Gasteiger partial charge in [-0.05, 0) is 31.5 Å². The summed E-state index contributed by atoms with van der Waals surface area (Å²) < 4.78 is 23.5. The van der Waals surface area contributed by atoms with E-state index >= 15 is 0 Å². The maximum atomic E-state index is 13.0. The Balaban J connectivity index is 1.66. The van der Waals surface area contributed by atoms with E-state index < -0.39 is 23.2 Å². The van der Waals surface area contributed by atoms with E-state index in [0.29, 0.717) is 22.7 Å². The van der Waals surface area contributed by atoms with E-state index in [0.717, 1.165) is 11.8 Å². The third kappa shape index (κ3) is 5.30. The van der Waals surface area contributed by atoms with Crippen LogP contribution in [0.15, 0.2) is 53.2 Å². The summed E-state index contributed by atoms with van der Waals surface area (Å²) in [7, 11) is 0. The lowest BCUT2D eigenvalue weighted by Crippen LogP contribution is -2.56. The largest absolute Gasteiger partial charge is 0.361 e. The van der Waals surface area contributed by atoms with E-state index in [1.807, 2.05) is 0 Å². The summed E-state index contributed by atoms with van der Waals surface area (Å²) >= 11 is 0. The van der Waals surface area contributed by atoms with E-state index in [1.54, 1.807) is 43.3 Å². The normalized spacial score (nSPS) is 12.8. The van der Waals surface area contributed by atoms with Crippen molar-refractivity contribution in [1.29, 1.82) is 0 Å². The second-order valence-corrected chi connectivity index (χ2v) is 6.93. The molecule has 0 aliphatic heterocycles. The number of aryl methyl sites for hydroxylation is 1. The number of ether oxygens (including phenoxy) is 1. The maximum absolute atomic E-state index is 13.0. The molecule has 0 aliphatic rings. The number of pyridine rings is 1. The predicted octanol–water partition coefficient (Wildman–Crippen LogP) is 2.28. The molecule has 9 nitrogen and oxygen atoms in total. The number of hydroxylamine groups is 1. The SMILES string of the molecule is Cc1cc(CNC(=O)C(C)(OCc2ccc(-c3ccc(F)cn3)cc2)C(=O)NO)no1. The number of nitrogens with zero attached hydrogens (tertiary/aromatic N) is 2. The monoisotopic (exact) mass is 428 g/mol. The van der Waals surface area contributed by atoms with E-state index in [9.17, 15) is 14.0 Å². The lowest BCUT2D eigenvalue weighted by atomic mass is 10.0. The molecule has 0 fully saturated rings. The van der Waals surface area contributed by atoms with Gasteiger partial charge in [0, 0.05) is 11.6 Å². The molecule has 162 valence electrons. The van der Waals surface area contributed by atoms with Crippen molar-refractivity contribution in [2.75, 3.05) is 0 Å². The summed E-state index contributed by atoms with van der Waals surface area (Å²) in [6.45, 7) is 2.89. The lowest BCUT2D eigenvalue weighted by Gasteiger charge is -2.26. The van der Waals surface area contributed by atoms with E-state index in [1.165, 1.54) is 18.5 Å². The zero-order chi connectivity index (χ0) is 22.4. The Hall–Kier alpha value is -3.63. The van der Waals surface area contributed by atoms with Crippen LogP contribution in [0.4, 0.5) is 4.39 Å². The molecule has 31 heavy (non-hydrogen) atoms. The molecule has 2 amide bonds. The van der Waals surface area contributed by atoms with Gasteiger partial charge in [-0.15, -0.1) is 0 Å². The Morgan fingerprint density at radius 1 is 1.19 bits per heavy atom. The number of carbonyl (C=O) groups is 2. The average molecular weight is 428 g/mol. The smallest absolute Gasteiger partial charge is 0.285 e. The predicted molar refractivity (Wildman–Crippen MR) is 106 cm³/mol. The van der Waals surface area contributed by atoms with Crippen LogP contribution in [0.3, 0.4) is 0 Å². The Kier molecular flexibility index (Phi) is 6.73. The van der Waals surface area contributed by atoms with Crippen molar-refractivity contribution >= 4 is 11.8 Å². The van der Waals surface area contributed by atoms with Gasteiger partial charge in [-0.2, -0.15) is 0 Å². The Morgan fingerprint density at radius 2 is 1.94 bits per heavy atom. The Morgan fingerprint density at radius 3 is 2.52 bits per heavy atom. The Labute approximate surface area is 177 Å². The highest BCUT2D eigenvalue weighted by molar-refractivity contribution is 6.07. The average Bonchev–Trinajstić information content (AvgIpc) is 3.21. The van der Waals surface area contributed by atoms with Gasteiger partial charge in [-0.1, -0.05) is 29.4 Å². The fourth-order valence-corrected chi connectivity index (χ4v) is 2.73. The summed E-state index contributed by atoms with van der Waals surface area (Å²) in [5, 5.41) is 15.4. The highest BCUT2D eigenvalue weighted by Crippen LogP contribution is 2.20. The van der Waals surface area contributed by atoms with Crippen molar-refractivity contribution in [2.45, 2.75) is 32.6 Å². The van der Waals surface area contributed by atoms with Crippen LogP contribution in [0.5, 0.6) is 0 Å². The minimum Gasteiger partial charge on any atom is -0.361 e. The second kappa shape index (κ2) is 9.45. The fourth-order valence-electron chi connectivity index (χ4n) is 2.73. The minimum atomic E-state index is -2.00. The van der Waals surface area contributed by atoms with Crippen LogP contribution >= 0.6 is 0 Å². The molecule has 2 aromatic heterocycles. The number of hydrogen-bond donors (Lipinski definition) is 3. The summed E-state index contributed by atoms with van der Waals surface area (Å²) in [5.74, 6) is -1.62. The zero-order valence-electron chi connectivity index (χ0n) is 16.9. The molecule has 0 radical (unpaired) electrons. The van der Waals surface area contributed by atoms with Gasteiger partial charge < -0.3 is 14.6 Å². The molecule has 0 spiro atoms. The van der Waals surface area contributed by atoms with Gasteiger partial charge in [0.25, 0.3) is 11.8 Å². The number of carbonyl (C=O) groups excluding carboxylic acids is 2. The summed E-state index contributed by atoms with van der Waals surface area (Å²) in [5.41, 5.74) is 1.97. The molecule has 3 N–H and O–H groups in total. The zero-order valence-corrected chi connectivity index (χ0v) is 16.9. The second-order valence-electron chi connectivity index (χ2n) is 6.93. The van der Waals surface area contributed by atoms with E-state index in [4.69, 9.17) is 14.5 Å². The molecule has 0 bridgehead atoms. The number of aromatic nitrogens is 2. The number of benzene rings is 1. The molecule has 0 saturated carbocycles. The van der Waals surface area contributed by atoms with Crippen molar-refractivity contribution in [3.05, 3.63) is 71.5 Å². The first-order chi connectivity index (χ1) is 14.8. The van der Waals surface area contributed by atoms with Crippen molar-refractivity contribution in [1.82, 2.24) is 20.9 Å². The summed E-state index contributed by atoms with van der Waals surface area (Å²) in [4.78, 5) is 28.8. The van der Waals surface area contributed by atoms with Crippen LogP contribution in [-0.2, 0) is 27.5 Å². The first-order valence-corrected chi connectivity index (χ1v) is 9.31. The van der Waals surface area contributed by atoms with Crippen LogP contribution in [0, 0.1) is 12.7 Å². The highest BCUT2D eigenvalue weighted by atomic mass is 19.1. The molecule has 0 saturated heterocycles. The van der Waals surface area contributed by atoms with Crippen LogP contribution in [0.2, 0.25) is 0 Å². The van der Waals surface area contributed by atoms with Gasteiger partial charge in [0.1, 0.15) is 17.3 Å². The highest BCUT2D eigenvalue weighted by Gasteiger charge is 2.42. The molecular formula is C21H21FN4O5. The van der Waals surface area contributed by atoms with Gasteiger partial charge in [-0.3, -0.25) is 19.8 Å². The van der Waals surface area contributed by atoms with Crippen molar-refractivity contribution in [3.8, 4) is 11.3 Å². The van der Waals surface area contributed by atoms with Crippen LogP contribution in [0.25, 0.3) is 11.3 Å². The van der Waals surface area contributed by atoms with Crippen molar-refractivity contribution in [3.63, 3.8) is 0 Å². The van der Waals surface area contributed by atoms with E-state index in [-0.39, 0.29) is 13.2 Å². The third-order valence-corrected chi connectivity index (χ3v) is 4.58. The molecule has 3 rings (SSSR count). The summed E-state index contributed by atoms with van der Waals surface area (Å²) in [6, 6.07) is 11.5. The number of halogens is 1. The number of nitrogens with one attached hydrogen (secondary N) is 2. The first-order valence-electron chi connectivity index (χ1n) is 9.31. The lowest BCUT2D eigenvalue weighted by molar-refractivity contribution is -0.166. The first kappa shape index (κ1) is 22.1. The van der Waals surface area contributed by atoms with Crippen molar-refractivity contribution < 1.29 is 28.4 Å².